The Labute approximate surface area is 191 Å². The molecule has 0 bridgehead atoms. The number of amides is 2. The monoisotopic (exact) mass is 458 g/mol. The van der Waals surface area contributed by atoms with Crippen molar-refractivity contribution in [1.29, 1.82) is 0 Å². The lowest BCUT2D eigenvalue weighted by atomic mass is 10.1. The second-order valence-electron chi connectivity index (χ2n) is 7.06. The van der Waals surface area contributed by atoms with Gasteiger partial charge >= 0.3 is 0 Å². The molecule has 0 unspecified atom stereocenters. The van der Waals surface area contributed by atoms with Gasteiger partial charge in [0.15, 0.2) is 0 Å². The van der Waals surface area contributed by atoms with Crippen LogP contribution in [0.25, 0.3) is 6.08 Å². The smallest absolute Gasteiger partial charge is 0.266 e. The fourth-order valence-corrected chi connectivity index (χ4v) is 4.50. The SMILES string of the molecule is Cc1ccccc1NC(=O)CCCCCN1C(=O)/C(=C/c2ccc(Cl)cc2)SC1=S. The van der Waals surface area contributed by atoms with Crippen LogP contribution in [0.15, 0.2) is 53.4 Å². The zero-order valence-corrected chi connectivity index (χ0v) is 19.1. The first-order valence-corrected chi connectivity index (χ1v) is 11.4. The number of benzene rings is 2. The Balaban J connectivity index is 1.42. The summed E-state index contributed by atoms with van der Waals surface area (Å²) in [4.78, 5) is 27.0. The van der Waals surface area contributed by atoms with Crippen LogP contribution in [-0.2, 0) is 9.59 Å². The molecule has 2 aromatic rings. The van der Waals surface area contributed by atoms with Gasteiger partial charge < -0.3 is 5.32 Å². The summed E-state index contributed by atoms with van der Waals surface area (Å²) in [6.07, 6.45) is 4.73. The van der Waals surface area contributed by atoms with E-state index in [9.17, 15) is 9.59 Å². The van der Waals surface area contributed by atoms with Crippen LogP contribution in [0.3, 0.4) is 0 Å². The van der Waals surface area contributed by atoms with Gasteiger partial charge in [0.05, 0.1) is 4.91 Å². The Morgan fingerprint density at radius 1 is 1.13 bits per heavy atom. The lowest BCUT2D eigenvalue weighted by molar-refractivity contribution is -0.122. The average Bonchev–Trinajstić information content (AvgIpc) is 2.98. The Morgan fingerprint density at radius 3 is 2.60 bits per heavy atom. The first-order valence-electron chi connectivity index (χ1n) is 9.80. The first-order chi connectivity index (χ1) is 14.4. The normalized spacial score (nSPS) is 15.1. The molecule has 3 rings (SSSR count). The maximum atomic E-state index is 12.7. The average molecular weight is 459 g/mol. The van der Waals surface area contributed by atoms with Crippen molar-refractivity contribution in [3.8, 4) is 0 Å². The number of nitrogens with zero attached hydrogens (tertiary/aromatic N) is 1. The molecule has 2 amide bonds. The van der Waals surface area contributed by atoms with Gasteiger partial charge in [0.25, 0.3) is 5.91 Å². The molecule has 4 nitrogen and oxygen atoms in total. The lowest BCUT2D eigenvalue weighted by Gasteiger charge is -2.14. The van der Waals surface area contributed by atoms with Crippen molar-refractivity contribution >= 4 is 63.5 Å². The largest absolute Gasteiger partial charge is 0.326 e. The number of aryl methyl sites for hydroxylation is 1. The molecule has 0 aliphatic carbocycles. The summed E-state index contributed by atoms with van der Waals surface area (Å²) in [5.74, 6) is -0.0435. The van der Waals surface area contributed by atoms with Crippen LogP contribution in [0.1, 0.15) is 36.8 Å². The highest BCUT2D eigenvalue weighted by Crippen LogP contribution is 2.33. The van der Waals surface area contributed by atoms with Crippen LogP contribution in [-0.4, -0.2) is 27.6 Å². The standard InChI is InChI=1S/C23H23ClN2O2S2/c1-16-7-4-5-8-19(16)25-21(27)9-3-2-6-14-26-22(28)20(30-23(26)29)15-17-10-12-18(24)13-11-17/h4-5,7-8,10-13,15H,2-3,6,9,14H2,1H3,(H,25,27)/b20-15-. The summed E-state index contributed by atoms with van der Waals surface area (Å²) in [7, 11) is 0. The summed E-state index contributed by atoms with van der Waals surface area (Å²) in [5, 5.41) is 3.60. The maximum Gasteiger partial charge on any atom is 0.266 e. The van der Waals surface area contributed by atoms with E-state index >= 15 is 0 Å². The van der Waals surface area contributed by atoms with E-state index in [2.05, 4.69) is 5.32 Å². The van der Waals surface area contributed by atoms with Gasteiger partial charge in [-0.1, -0.05) is 72.3 Å². The molecule has 1 saturated heterocycles. The number of carbonyl (C=O) groups excluding carboxylic acids is 2. The number of rotatable bonds is 8. The molecule has 1 fully saturated rings. The topological polar surface area (TPSA) is 49.4 Å². The minimum atomic E-state index is -0.0581. The molecule has 30 heavy (non-hydrogen) atoms. The van der Waals surface area contributed by atoms with Gasteiger partial charge in [-0.3, -0.25) is 14.5 Å². The van der Waals surface area contributed by atoms with Crippen LogP contribution in [0.5, 0.6) is 0 Å². The van der Waals surface area contributed by atoms with Crippen LogP contribution in [0.2, 0.25) is 5.02 Å². The van der Waals surface area contributed by atoms with Crippen molar-refractivity contribution < 1.29 is 9.59 Å². The molecule has 2 aromatic carbocycles. The predicted octanol–water partition coefficient (Wildman–Crippen LogP) is 6.05. The van der Waals surface area contributed by atoms with E-state index in [1.165, 1.54) is 11.8 Å². The number of para-hydroxylation sites is 1. The van der Waals surface area contributed by atoms with Gasteiger partial charge in [0, 0.05) is 23.7 Å². The Morgan fingerprint density at radius 2 is 1.87 bits per heavy atom. The third-order valence-electron chi connectivity index (χ3n) is 4.75. The summed E-state index contributed by atoms with van der Waals surface area (Å²) in [6, 6.07) is 15.1. The zero-order chi connectivity index (χ0) is 21.5. The molecular weight excluding hydrogens is 436 g/mol. The van der Waals surface area contributed by atoms with E-state index in [0.717, 1.165) is 36.1 Å². The number of anilines is 1. The minimum absolute atomic E-state index is 0.0146. The van der Waals surface area contributed by atoms with Crippen molar-refractivity contribution in [2.24, 2.45) is 0 Å². The Hall–Kier alpha value is -2.15. The van der Waals surface area contributed by atoms with Gasteiger partial charge in [-0.05, 0) is 55.2 Å². The Kier molecular flexibility index (Phi) is 8.08. The maximum absolute atomic E-state index is 12.7. The summed E-state index contributed by atoms with van der Waals surface area (Å²) >= 11 is 12.6. The zero-order valence-electron chi connectivity index (χ0n) is 16.7. The number of hydrogen-bond acceptors (Lipinski definition) is 4. The van der Waals surface area contributed by atoms with E-state index in [1.54, 1.807) is 17.0 Å². The minimum Gasteiger partial charge on any atom is -0.326 e. The van der Waals surface area contributed by atoms with Gasteiger partial charge in [0.1, 0.15) is 4.32 Å². The highest BCUT2D eigenvalue weighted by Gasteiger charge is 2.31. The van der Waals surface area contributed by atoms with E-state index in [0.29, 0.717) is 27.2 Å². The highest BCUT2D eigenvalue weighted by atomic mass is 35.5. The molecular formula is C23H23ClN2O2S2. The molecule has 1 aliphatic heterocycles. The Bertz CT molecular complexity index is 973. The second kappa shape index (κ2) is 10.8. The number of hydrogen-bond donors (Lipinski definition) is 1. The summed E-state index contributed by atoms with van der Waals surface area (Å²) in [6.45, 7) is 2.54. The van der Waals surface area contributed by atoms with Gasteiger partial charge in [-0.2, -0.15) is 0 Å². The fraction of sp³-hybridized carbons (Fsp3) is 0.261. The van der Waals surface area contributed by atoms with E-state index < -0.39 is 0 Å². The molecule has 1 aliphatic rings. The molecule has 0 atom stereocenters. The van der Waals surface area contributed by atoms with Crippen LogP contribution in [0, 0.1) is 6.92 Å². The molecule has 0 saturated carbocycles. The third-order valence-corrected chi connectivity index (χ3v) is 6.38. The molecule has 156 valence electrons. The van der Waals surface area contributed by atoms with Gasteiger partial charge in [-0.25, -0.2) is 0 Å². The number of carbonyl (C=O) groups is 2. The number of nitrogens with one attached hydrogen (secondary N) is 1. The van der Waals surface area contributed by atoms with E-state index in [-0.39, 0.29) is 11.8 Å². The summed E-state index contributed by atoms with van der Waals surface area (Å²) < 4.78 is 0.581. The molecule has 1 N–H and O–H groups in total. The van der Waals surface area contributed by atoms with E-state index in [4.69, 9.17) is 23.8 Å². The number of unbranched alkanes of at least 4 members (excludes halogenated alkanes) is 2. The fourth-order valence-electron chi connectivity index (χ4n) is 3.06. The molecule has 0 radical (unpaired) electrons. The van der Waals surface area contributed by atoms with Crippen molar-refractivity contribution in [2.45, 2.75) is 32.6 Å². The number of halogens is 1. The number of thioether (sulfide) groups is 1. The van der Waals surface area contributed by atoms with Crippen LogP contribution in [0.4, 0.5) is 5.69 Å². The van der Waals surface area contributed by atoms with Gasteiger partial charge in [0.2, 0.25) is 5.91 Å². The van der Waals surface area contributed by atoms with Crippen LogP contribution < -0.4 is 5.32 Å². The third kappa shape index (κ3) is 6.17. The van der Waals surface area contributed by atoms with Gasteiger partial charge in [-0.15, -0.1) is 0 Å². The quantitative estimate of drug-likeness (QED) is 0.297. The van der Waals surface area contributed by atoms with E-state index in [1.807, 2.05) is 49.4 Å². The van der Waals surface area contributed by atoms with Crippen LogP contribution >= 0.6 is 35.6 Å². The van der Waals surface area contributed by atoms with Crippen molar-refractivity contribution in [3.63, 3.8) is 0 Å². The van der Waals surface area contributed by atoms with Crippen molar-refractivity contribution in [3.05, 3.63) is 69.6 Å². The number of thiocarbonyl (C=S) groups is 1. The molecule has 1 heterocycles. The molecule has 0 aromatic heterocycles. The second-order valence-corrected chi connectivity index (χ2v) is 9.17. The highest BCUT2D eigenvalue weighted by molar-refractivity contribution is 8.26. The molecule has 0 spiro atoms. The first kappa shape index (κ1) is 22.5. The summed E-state index contributed by atoms with van der Waals surface area (Å²) in [5.41, 5.74) is 2.82. The molecule has 7 heteroatoms. The van der Waals surface area contributed by atoms with Crippen molar-refractivity contribution in [1.82, 2.24) is 4.90 Å². The predicted molar refractivity (Wildman–Crippen MR) is 130 cm³/mol. The lowest BCUT2D eigenvalue weighted by Crippen LogP contribution is -2.29. The van der Waals surface area contributed by atoms with Crippen molar-refractivity contribution in [2.75, 3.05) is 11.9 Å².